The molecule has 0 saturated heterocycles. The minimum Gasteiger partial charge on any atom is -0.429 e. The quantitative estimate of drug-likeness (QED) is 0.363. The van der Waals surface area contributed by atoms with Crippen molar-refractivity contribution in [2.24, 2.45) is 0 Å². The summed E-state index contributed by atoms with van der Waals surface area (Å²) in [7, 11) is 0. The molecule has 0 aliphatic rings. The van der Waals surface area contributed by atoms with Crippen molar-refractivity contribution < 1.29 is 28.0 Å². The molecule has 1 aromatic carbocycles. The Bertz CT molecular complexity index is 656. The summed E-state index contributed by atoms with van der Waals surface area (Å²) in [5.41, 5.74) is -2.40. The van der Waals surface area contributed by atoms with E-state index in [-0.39, 0.29) is 0 Å². The molecule has 8 heteroatoms. The van der Waals surface area contributed by atoms with Crippen molar-refractivity contribution >= 4 is 11.8 Å². The molecule has 0 atom stereocenters. The number of hydrogen-bond donors (Lipinski definition) is 0. The van der Waals surface area contributed by atoms with E-state index in [4.69, 9.17) is 4.74 Å². The molecule has 0 amide bonds. The van der Waals surface area contributed by atoms with E-state index in [1.54, 1.807) is 20.8 Å². The molecule has 0 aromatic heterocycles. The van der Waals surface area contributed by atoms with Gasteiger partial charge < -0.3 is 9.47 Å². The van der Waals surface area contributed by atoms with Gasteiger partial charge in [0, 0.05) is 6.07 Å². The van der Waals surface area contributed by atoms with Crippen molar-refractivity contribution in [3.63, 3.8) is 0 Å². The van der Waals surface area contributed by atoms with Crippen LogP contribution in [0, 0.1) is 33.6 Å². The fourth-order valence-corrected chi connectivity index (χ4v) is 1.30. The van der Waals surface area contributed by atoms with Gasteiger partial charge in [0.25, 0.3) is 0 Å². The van der Waals surface area contributed by atoms with Gasteiger partial charge in [-0.25, -0.2) is 9.18 Å². The lowest BCUT2D eigenvalue weighted by atomic mass is 10.1. The molecule has 1 rings (SSSR count). The van der Waals surface area contributed by atoms with E-state index in [2.05, 4.69) is 16.6 Å². The lowest BCUT2D eigenvalue weighted by Gasteiger charge is -2.18. The van der Waals surface area contributed by atoms with Gasteiger partial charge in [0.2, 0.25) is 5.82 Å². The van der Waals surface area contributed by atoms with Crippen LogP contribution in [-0.4, -0.2) is 23.3 Å². The first kappa shape index (κ1) is 17.4. The summed E-state index contributed by atoms with van der Waals surface area (Å²) in [6.07, 6.45) is -0.984. The molecule has 0 aliphatic heterocycles. The molecule has 22 heavy (non-hydrogen) atoms. The Balaban J connectivity index is 2.79. The maximum absolute atomic E-state index is 13.7. The van der Waals surface area contributed by atoms with Gasteiger partial charge in [-0.15, -0.1) is 0 Å². The summed E-state index contributed by atoms with van der Waals surface area (Å²) in [5.74, 6) is 1.82. The van der Waals surface area contributed by atoms with E-state index < -0.39 is 46.2 Å². The summed E-state index contributed by atoms with van der Waals surface area (Å²) in [4.78, 5) is 20.8. The van der Waals surface area contributed by atoms with E-state index in [0.29, 0.717) is 6.07 Å². The lowest BCUT2D eigenvalue weighted by Crippen LogP contribution is -2.24. The summed E-state index contributed by atoms with van der Waals surface area (Å²) >= 11 is 0. The number of nitro benzene ring substituents is 1. The van der Waals surface area contributed by atoms with Crippen LogP contribution >= 0.6 is 0 Å². The second-order valence-corrected chi connectivity index (χ2v) is 5.07. The van der Waals surface area contributed by atoms with Crippen molar-refractivity contribution in [2.45, 2.75) is 26.4 Å². The maximum atomic E-state index is 13.7. The SMILES string of the molecule is CC(C)(C)OC(=O)OCC#Cc1c(F)ccc([N+](=O)[O-])c1F. The number of halogens is 2. The highest BCUT2D eigenvalue weighted by Crippen LogP contribution is 2.22. The number of hydrogen-bond acceptors (Lipinski definition) is 5. The van der Waals surface area contributed by atoms with E-state index in [0.717, 1.165) is 6.07 Å². The zero-order valence-electron chi connectivity index (χ0n) is 12.1. The van der Waals surface area contributed by atoms with E-state index in [9.17, 15) is 23.7 Å². The van der Waals surface area contributed by atoms with E-state index >= 15 is 0 Å². The molecule has 0 N–H and O–H groups in total. The molecular weight excluding hydrogens is 300 g/mol. The van der Waals surface area contributed by atoms with Crippen molar-refractivity contribution in [3.05, 3.63) is 39.4 Å². The van der Waals surface area contributed by atoms with Crippen LogP contribution in [-0.2, 0) is 9.47 Å². The molecule has 0 unspecified atom stereocenters. The topological polar surface area (TPSA) is 78.7 Å². The second kappa shape index (κ2) is 6.85. The van der Waals surface area contributed by atoms with E-state index in [1.807, 2.05) is 0 Å². The smallest absolute Gasteiger partial charge is 0.429 e. The molecule has 0 spiro atoms. The highest BCUT2D eigenvalue weighted by atomic mass is 19.1. The zero-order valence-corrected chi connectivity index (χ0v) is 12.1. The molecule has 0 heterocycles. The number of ether oxygens (including phenoxy) is 2. The van der Waals surface area contributed by atoms with Crippen LogP contribution in [0.15, 0.2) is 12.1 Å². The molecule has 1 aromatic rings. The lowest BCUT2D eigenvalue weighted by molar-refractivity contribution is -0.387. The average Bonchev–Trinajstić information content (AvgIpc) is 2.34. The number of nitrogens with zero attached hydrogens (tertiary/aromatic N) is 1. The number of carbonyl (C=O) groups is 1. The predicted octanol–water partition coefficient (Wildman–Crippen LogP) is 3.18. The first-order valence-electron chi connectivity index (χ1n) is 6.09. The highest BCUT2D eigenvalue weighted by Gasteiger charge is 2.20. The first-order chi connectivity index (χ1) is 10.1. The molecule has 0 saturated carbocycles. The van der Waals surface area contributed by atoms with Crippen molar-refractivity contribution in [3.8, 4) is 11.8 Å². The van der Waals surface area contributed by atoms with Crippen molar-refractivity contribution in [1.29, 1.82) is 0 Å². The number of benzene rings is 1. The van der Waals surface area contributed by atoms with Gasteiger partial charge >= 0.3 is 11.8 Å². The minimum atomic E-state index is -1.38. The third-order valence-electron chi connectivity index (χ3n) is 2.13. The Hall–Kier alpha value is -2.69. The predicted molar refractivity (Wildman–Crippen MR) is 72.1 cm³/mol. The Kier molecular flexibility index (Phi) is 5.40. The van der Waals surface area contributed by atoms with Gasteiger partial charge in [-0.3, -0.25) is 10.1 Å². The summed E-state index contributed by atoms with van der Waals surface area (Å²) in [5, 5.41) is 10.5. The van der Waals surface area contributed by atoms with Crippen LogP contribution in [0.1, 0.15) is 26.3 Å². The summed E-state index contributed by atoms with van der Waals surface area (Å²) < 4.78 is 36.5. The standard InChI is InChI=1S/C14H13F2NO5/c1-14(2,3)22-13(18)21-8-4-5-9-10(15)6-7-11(12(9)16)17(19)20/h6-7H,8H2,1-3H3. The Morgan fingerprint density at radius 3 is 2.55 bits per heavy atom. The molecule has 118 valence electrons. The van der Waals surface area contributed by atoms with Gasteiger partial charge in [0.15, 0.2) is 6.61 Å². The zero-order chi connectivity index (χ0) is 16.9. The van der Waals surface area contributed by atoms with E-state index in [1.165, 1.54) is 0 Å². The van der Waals surface area contributed by atoms with Gasteiger partial charge in [-0.1, -0.05) is 11.8 Å². The third kappa shape index (κ3) is 5.01. The fraction of sp³-hybridized carbons (Fsp3) is 0.357. The van der Waals surface area contributed by atoms with Crippen LogP contribution in [0.4, 0.5) is 19.3 Å². The highest BCUT2D eigenvalue weighted by molar-refractivity contribution is 5.60. The van der Waals surface area contributed by atoms with Gasteiger partial charge in [-0.05, 0) is 26.8 Å². The largest absolute Gasteiger partial charge is 0.509 e. The molecule has 0 fully saturated rings. The normalized spacial score (nSPS) is 10.4. The monoisotopic (exact) mass is 313 g/mol. The molecule has 0 radical (unpaired) electrons. The number of rotatable bonds is 2. The second-order valence-electron chi connectivity index (χ2n) is 5.07. The Morgan fingerprint density at radius 1 is 1.36 bits per heavy atom. The molecule has 0 aliphatic carbocycles. The summed E-state index contributed by atoms with van der Waals surface area (Å²) in [6, 6.07) is 1.44. The van der Waals surface area contributed by atoms with Crippen LogP contribution in [0.25, 0.3) is 0 Å². The van der Waals surface area contributed by atoms with Crippen molar-refractivity contribution in [2.75, 3.05) is 6.61 Å². The fourth-order valence-electron chi connectivity index (χ4n) is 1.30. The van der Waals surface area contributed by atoms with Gasteiger partial charge in [0.05, 0.1) is 4.92 Å². The van der Waals surface area contributed by atoms with Gasteiger partial charge in [0.1, 0.15) is 17.0 Å². The Morgan fingerprint density at radius 2 is 2.00 bits per heavy atom. The van der Waals surface area contributed by atoms with Gasteiger partial charge in [-0.2, -0.15) is 4.39 Å². The number of carbonyl (C=O) groups excluding carboxylic acids is 1. The van der Waals surface area contributed by atoms with Crippen LogP contribution in [0.5, 0.6) is 0 Å². The first-order valence-corrected chi connectivity index (χ1v) is 6.09. The molecule has 6 nitrogen and oxygen atoms in total. The maximum Gasteiger partial charge on any atom is 0.509 e. The Labute approximate surface area is 125 Å². The van der Waals surface area contributed by atoms with Crippen LogP contribution in [0.2, 0.25) is 0 Å². The molecular formula is C14H13F2NO5. The summed E-state index contributed by atoms with van der Waals surface area (Å²) in [6.45, 7) is 4.42. The third-order valence-corrected chi connectivity index (χ3v) is 2.13. The van der Waals surface area contributed by atoms with Crippen LogP contribution in [0.3, 0.4) is 0 Å². The minimum absolute atomic E-state index is 0.476. The van der Waals surface area contributed by atoms with Crippen LogP contribution < -0.4 is 0 Å². The average molecular weight is 313 g/mol. The molecule has 0 bridgehead atoms. The van der Waals surface area contributed by atoms with Crippen molar-refractivity contribution in [1.82, 2.24) is 0 Å². The number of nitro groups is 1.